The summed E-state index contributed by atoms with van der Waals surface area (Å²) >= 11 is 3.26. The van der Waals surface area contributed by atoms with Gasteiger partial charge >= 0.3 is 0 Å². The van der Waals surface area contributed by atoms with Crippen molar-refractivity contribution in [2.45, 2.75) is 17.7 Å². The minimum absolute atomic E-state index is 0.135. The Kier molecular flexibility index (Phi) is 5.92. The lowest BCUT2D eigenvalue weighted by Crippen LogP contribution is -2.49. The molecule has 0 atom stereocenters. The number of carbonyl (C=O) groups is 1. The fraction of sp³-hybridized carbons (Fsp3) is 0.286. The fourth-order valence-electron chi connectivity index (χ4n) is 3.14. The van der Waals surface area contributed by atoms with E-state index < -0.39 is 0 Å². The van der Waals surface area contributed by atoms with Crippen molar-refractivity contribution in [3.05, 3.63) is 70.2 Å². The maximum atomic E-state index is 12.6. The van der Waals surface area contributed by atoms with Gasteiger partial charge in [-0.25, -0.2) is 4.98 Å². The number of hydrogen-bond donors (Lipinski definition) is 0. The first-order valence-corrected chi connectivity index (χ1v) is 11.1. The number of thiophene rings is 1. The summed E-state index contributed by atoms with van der Waals surface area (Å²) in [5.41, 5.74) is 1.27. The van der Waals surface area contributed by atoms with E-state index in [-0.39, 0.29) is 5.91 Å². The van der Waals surface area contributed by atoms with Crippen LogP contribution in [0.5, 0.6) is 0 Å². The lowest BCUT2D eigenvalue weighted by Gasteiger charge is -2.35. The Balaban J connectivity index is 1.35. The smallest absolute Gasteiger partial charge is 0.264 e. The van der Waals surface area contributed by atoms with E-state index in [1.807, 2.05) is 42.4 Å². The molecule has 28 heavy (non-hydrogen) atoms. The van der Waals surface area contributed by atoms with Gasteiger partial charge in [-0.15, -0.1) is 23.1 Å². The molecule has 2 aromatic heterocycles. The van der Waals surface area contributed by atoms with Crippen LogP contribution in [0.25, 0.3) is 0 Å². The van der Waals surface area contributed by atoms with E-state index >= 15 is 0 Å². The number of aryl methyl sites for hydroxylation is 1. The van der Waals surface area contributed by atoms with Crippen molar-refractivity contribution < 1.29 is 4.79 Å². The molecule has 0 spiro atoms. The summed E-state index contributed by atoms with van der Waals surface area (Å²) in [6, 6.07) is 14.3. The summed E-state index contributed by atoms with van der Waals surface area (Å²) in [5.74, 6) is 1.90. The molecule has 4 rings (SSSR count). The van der Waals surface area contributed by atoms with Crippen molar-refractivity contribution in [1.82, 2.24) is 14.9 Å². The van der Waals surface area contributed by atoms with Crippen LogP contribution < -0.4 is 4.90 Å². The van der Waals surface area contributed by atoms with E-state index in [1.165, 1.54) is 10.4 Å². The molecule has 0 saturated carbocycles. The lowest BCUT2D eigenvalue weighted by molar-refractivity contribution is 0.0751. The van der Waals surface area contributed by atoms with Gasteiger partial charge in [-0.05, 0) is 24.6 Å². The van der Waals surface area contributed by atoms with Crippen LogP contribution in [0.15, 0.2) is 59.9 Å². The average molecular weight is 411 g/mol. The Bertz CT molecular complexity index is 936. The summed E-state index contributed by atoms with van der Waals surface area (Å²) in [5, 5.41) is 0.925. The van der Waals surface area contributed by atoms with Crippen molar-refractivity contribution in [3.63, 3.8) is 0 Å². The number of aromatic nitrogens is 2. The first kappa shape index (κ1) is 19.0. The number of nitrogens with zero attached hydrogens (tertiary/aromatic N) is 4. The highest BCUT2D eigenvalue weighted by molar-refractivity contribution is 7.98. The minimum atomic E-state index is 0.135. The van der Waals surface area contributed by atoms with Crippen LogP contribution in [0.4, 0.5) is 5.82 Å². The predicted octanol–water partition coefficient (Wildman–Crippen LogP) is 4.10. The van der Waals surface area contributed by atoms with E-state index in [0.29, 0.717) is 13.1 Å². The third kappa shape index (κ3) is 4.54. The second-order valence-corrected chi connectivity index (χ2v) is 8.96. The van der Waals surface area contributed by atoms with Gasteiger partial charge in [0, 0.05) is 36.8 Å². The van der Waals surface area contributed by atoms with Gasteiger partial charge in [0.05, 0.1) is 17.3 Å². The number of amides is 1. The number of carbonyl (C=O) groups excluding carboxylic acids is 1. The normalized spacial score (nSPS) is 14.3. The van der Waals surface area contributed by atoms with E-state index in [9.17, 15) is 4.79 Å². The molecule has 3 aromatic rings. The molecular formula is C21H22N4OS2. The standard InChI is InChI=1S/C21H22N4OS2/c1-16-7-8-18(28-16)21(26)25-11-9-24(10-12-25)19-13-22-14-20(23-19)27-15-17-5-3-2-4-6-17/h2-8,13-14H,9-12,15H2,1H3. The number of hydrogen-bond acceptors (Lipinski definition) is 6. The summed E-state index contributed by atoms with van der Waals surface area (Å²) in [6.45, 7) is 4.99. The average Bonchev–Trinajstić information content (AvgIpc) is 3.19. The number of rotatable bonds is 5. The van der Waals surface area contributed by atoms with Gasteiger partial charge in [-0.2, -0.15) is 0 Å². The summed E-state index contributed by atoms with van der Waals surface area (Å²) in [6.07, 6.45) is 3.63. The molecule has 0 radical (unpaired) electrons. The highest BCUT2D eigenvalue weighted by Crippen LogP contribution is 2.23. The highest BCUT2D eigenvalue weighted by atomic mass is 32.2. The van der Waals surface area contributed by atoms with E-state index in [4.69, 9.17) is 4.98 Å². The number of thioether (sulfide) groups is 1. The Hall–Kier alpha value is -2.38. The Morgan fingerprint density at radius 3 is 2.57 bits per heavy atom. The minimum Gasteiger partial charge on any atom is -0.352 e. The van der Waals surface area contributed by atoms with Crippen molar-refractivity contribution in [3.8, 4) is 0 Å². The van der Waals surface area contributed by atoms with Crippen LogP contribution >= 0.6 is 23.1 Å². The van der Waals surface area contributed by atoms with Gasteiger partial charge in [0.1, 0.15) is 10.8 Å². The van der Waals surface area contributed by atoms with Crippen LogP contribution in [0.2, 0.25) is 0 Å². The quantitative estimate of drug-likeness (QED) is 0.593. The van der Waals surface area contributed by atoms with E-state index in [2.05, 4.69) is 34.1 Å². The third-order valence-electron chi connectivity index (χ3n) is 4.67. The number of anilines is 1. The molecule has 1 aliphatic rings. The highest BCUT2D eigenvalue weighted by Gasteiger charge is 2.24. The van der Waals surface area contributed by atoms with Crippen molar-refractivity contribution in [1.29, 1.82) is 0 Å². The van der Waals surface area contributed by atoms with E-state index in [1.54, 1.807) is 23.1 Å². The van der Waals surface area contributed by atoms with Crippen LogP contribution in [0.3, 0.4) is 0 Å². The largest absolute Gasteiger partial charge is 0.352 e. The molecule has 3 heterocycles. The molecule has 1 aliphatic heterocycles. The third-order valence-corrected chi connectivity index (χ3v) is 6.63. The SMILES string of the molecule is Cc1ccc(C(=O)N2CCN(c3cncc(SCc4ccccc4)n3)CC2)s1. The first-order valence-electron chi connectivity index (χ1n) is 9.28. The fourth-order valence-corrected chi connectivity index (χ4v) is 4.77. The summed E-state index contributed by atoms with van der Waals surface area (Å²) < 4.78 is 0. The van der Waals surface area contributed by atoms with Gasteiger partial charge in [0.15, 0.2) is 0 Å². The van der Waals surface area contributed by atoms with Gasteiger partial charge in [0.25, 0.3) is 5.91 Å². The number of piperazine rings is 1. The lowest BCUT2D eigenvalue weighted by atomic mass is 10.2. The molecular weight excluding hydrogens is 388 g/mol. The molecule has 0 unspecified atom stereocenters. The molecule has 7 heteroatoms. The van der Waals surface area contributed by atoms with Gasteiger partial charge < -0.3 is 9.80 Å². The molecule has 1 fully saturated rings. The zero-order valence-electron chi connectivity index (χ0n) is 15.7. The summed E-state index contributed by atoms with van der Waals surface area (Å²) in [7, 11) is 0. The predicted molar refractivity (Wildman–Crippen MR) is 115 cm³/mol. The zero-order chi connectivity index (χ0) is 19.3. The molecule has 0 N–H and O–H groups in total. The van der Waals surface area contributed by atoms with Crippen LogP contribution in [0.1, 0.15) is 20.1 Å². The maximum absolute atomic E-state index is 12.6. The molecule has 1 aromatic carbocycles. The van der Waals surface area contributed by atoms with Gasteiger partial charge in [-0.1, -0.05) is 30.3 Å². The monoisotopic (exact) mass is 410 g/mol. The second kappa shape index (κ2) is 8.75. The van der Waals surface area contributed by atoms with Crippen LogP contribution in [-0.2, 0) is 5.75 Å². The van der Waals surface area contributed by atoms with E-state index in [0.717, 1.165) is 34.6 Å². The van der Waals surface area contributed by atoms with Gasteiger partial charge in [0.2, 0.25) is 0 Å². The first-order chi connectivity index (χ1) is 13.7. The summed E-state index contributed by atoms with van der Waals surface area (Å²) in [4.78, 5) is 27.9. The molecule has 0 aliphatic carbocycles. The van der Waals surface area contributed by atoms with Crippen molar-refractivity contribution in [2.24, 2.45) is 0 Å². The van der Waals surface area contributed by atoms with Crippen LogP contribution in [0, 0.1) is 6.92 Å². The van der Waals surface area contributed by atoms with Crippen molar-refractivity contribution >= 4 is 34.8 Å². The molecule has 1 amide bonds. The van der Waals surface area contributed by atoms with Crippen molar-refractivity contribution in [2.75, 3.05) is 31.1 Å². The molecule has 0 bridgehead atoms. The molecule has 1 saturated heterocycles. The second-order valence-electron chi connectivity index (χ2n) is 6.68. The molecule has 5 nitrogen and oxygen atoms in total. The topological polar surface area (TPSA) is 49.3 Å². The Labute approximate surface area is 173 Å². The zero-order valence-corrected chi connectivity index (χ0v) is 17.4. The van der Waals surface area contributed by atoms with Crippen LogP contribution in [-0.4, -0.2) is 47.0 Å². The molecule has 144 valence electrons. The Morgan fingerprint density at radius 2 is 1.86 bits per heavy atom. The van der Waals surface area contributed by atoms with Gasteiger partial charge in [-0.3, -0.25) is 9.78 Å². The maximum Gasteiger partial charge on any atom is 0.264 e. The number of benzene rings is 1. The Morgan fingerprint density at radius 1 is 1.07 bits per heavy atom.